The van der Waals surface area contributed by atoms with Gasteiger partial charge in [-0.25, -0.2) is 0 Å². The fourth-order valence-corrected chi connectivity index (χ4v) is 2.67. The molecule has 1 aliphatic rings. The third kappa shape index (κ3) is 6.12. The van der Waals surface area contributed by atoms with E-state index >= 15 is 0 Å². The van der Waals surface area contributed by atoms with Crippen LogP contribution < -0.4 is 4.74 Å². The summed E-state index contributed by atoms with van der Waals surface area (Å²) in [5.41, 5.74) is 1.17. The first-order chi connectivity index (χ1) is 12.7. The molecule has 0 N–H and O–H groups in total. The zero-order chi connectivity index (χ0) is 18.7. The second-order valence-corrected chi connectivity index (χ2v) is 6.20. The Bertz CT molecular complexity index is 643. The Kier molecular flexibility index (Phi) is 8.03. The average molecular weight is 356 g/mol. The smallest absolute Gasteiger partial charge is 0.122 e. The number of hydrogen-bond donors (Lipinski definition) is 0. The maximum atomic E-state index is 5.68. The van der Waals surface area contributed by atoms with Crippen molar-refractivity contribution < 1.29 is 18.9 Å². The van der Waals surface area contributed by atoms with Gasteiger partial charge in [-0.05, 0) is 36.3 Å². The van der Waals surface area contributed by atoms with E-state index in [2.05, 4.69) is 43.9 Å². The Balaban J connectivity index is 1.99. The molecule has 0 radical (unpaired) electrons. The molecule has 0 fully saturated rings. The van der Waals surface area contributed by atoms with Crippen LogP contribution in [0, 0.1) is 0 Å². The minimum Gasteiger partial charge on any atom is -0.498 e. The van der Waals surface area contributed by atoms with Gasteiger partial charge in [-0.3, -0.25) is 0 Å². The van der Waals surface area contributed by atoms with Crippen LogP contribution in [0.5, 0.6) is 5.75 Å². The number of methoxy groups -OCH3 is 1. The third-order valence-electron chi connectivity index (χ3n) is 4.21. The largest absolute Gasteiger partial charge is 0.498 e. The molecule has 0 bridgehead atoms. The van der Waals surface area contributed by atoms with Crippen LogP contribution >= 0.6 is 0 Å². The molecule has 1 aliphatic carbocycles. The van der Waals surface area contributed by atoms with Crippen LogP contribution in [0.4, 0.5) is 0 Å². The van der Waals surface area contributed by atoms with Crippen LogP contribution in [0.25, 0.3) is 0 Å². The topological polar surface area (TPSA) is 36.9 Å². The van der Waals surface area contributed by atoms with E-state index in [9.17, 15) is 0 Å². The highest BCUT2D eigenvalue weighted by atomic mass is 16.5. The summed E-state index contributed by atoms with van der Waals surface area (Å²) in [6, 6.07) is 8.26. The zero-order valence-corrected chi connectivity index (χ0v) is 15.6. The summed E-state index contributed by atoms with van der Waals surface area (Å²) in [5.74, 6) is 1.69. The van der Waals surface area contributed by atoms with Gasteiger partial charge in [-0.1, -0.05) is 43.9 Å². The first-order valence-corrected chi connectivity index (χ1v) is 8.81. The van der Waals surface area contributed by atoms with Gasteiger partial charge in [0.05, 0.1) is 12.9 Å². The van der Waals surface area contributed by atoms with Gasteiger partial charge < -0.3 is 18.9 Å². The summed E-state index contributed by atoms with van der Waals surface area (Å²) in [4.78, 5) is 0. The van der Waals surface area contributed by atoms with Crippen molar-refractivity contribution in [2.24, 2.45) is 0 Å². The minimum atomic E-state index is -0.0739. The van der Waals surface area contributed by atoms with Crippen molar-refractivity contribution in [2.75, 3.05) is 33.5 Å². The molecule has 0 saturated carbocycles. The third-order valence-corrected chi connectivity index (χ3v) is 4.21. The van der Waals surface area contributed by atoms with E-state index in [1.165, 1.54) is 11.8 Å². The van der Waals surface area contributed by atoms with Crippen LogP contribution in [0.2, 0.25) is 0 Å². The van der Waals surface area contributed by atoms with E-state index in [4.69, 9.17) is 18.9 Å². The molecule has 26 heavy (non-hydrogen) atoms. The summed E-state index contributed by atoms with van der Waals surface area (Å²) in [6.07, 6.45) is 12.7. The van der Waals surface area contributed by atoms with Crippen LogP contribution in [0.3, 0.4) is 0 Å². The maximum Gasteiger partial charge on any atom is 0.122 e. The second-order valence-electron chi connectivity index (χ2n) is 6.20. The lowest BCUT2D eigenvalue weighted by atomic mass is 9.78. The van der Waals surface area contributed by atoms with Crippen LogP contribution in [0.15, 0.2) is 73.2 Å². The van der Waals surface area contributed by atoms with Crippen molar-refractivity contribution in [3.63, 3.8) is 0 Å². The molecule has 0 aromatic heterocycles. The molecule has 0 saturated heterocycles. The van der Waals surface area contributed by atoms with E-state index in [1.807, 2.05) is 24.3 Å². The average Bonchev–Trinajstić information content (AvgIpc) is 2.63. The molecule has 4 nitrogen and oxygen atoms in total. The van der Waals surface area contributed by atoms with E-state index in [0.29, 0.717) is 26.4 Å². The van der Waals surface area contributed by atoms with Crippen LogP contribution in [0.1, 0.15) is 18.9 Å². The lowest BCUT2D eigenvalue weighted by Gasteiger charge is -2.26. The van der Waals surface area contributed by atoms with Gasteiger partial charge in [0, 0.05) is 12.5 Å². The van der Waals surface area contributed by atoms with Crippen molar-refractivity contribution in [3.05, 3.63) is 78.8 Å². The molecule has 1 unspecified atom stereocenters. The number of hydrogen-bond acceptors (Lipinski definition) is 4. The van der Waals surface area contributed by atoms with Gasteiger partial charge in [-0.2, -0.15) is 0 Å². The summed E-state index contributed by atoms with van der Waals surface area (Å²) in [6.45, 7) is 7.87. The summed E-state index contributed by atoms with van der Waals surface area (Å²) >= 11 is 0. The molecule has 0 heterocycles. The second kappa shape index (κ2) is 10.5. The summed E-state index contributed by atoms with van der Waals surface area (Å²) < 4.78 is 21.4. The number of ether oxygens (including phenoxy) is 4. The van der Waals surface area contributed by atoms with Gasteiger partial charge in [0.25, 0.3) is 0 Å². The van der Waals surface area contributed by atoms with E-state index in [1.54, 1.807) is 7.11 Å². The lowest BCUT2D eigenvalue weighted by molar-refractivity contribution is 0.138. The van der Waals surface area contributed by atoms with Crippen LogP contribution in [-0.2, 0) is 19.6 Å². The van der Waals surface area contributed by atoms with Gasteiger partial charge in [-0.15, -0.1) is 0 Å². The molecule has 140 valence electrons. The summed E-state index contributed by atoms with van der Waals surface area (Å²) in [7, 11) is 1.67. The molecule has 1 aromatic carbocycles. The molecule has 0 amide bonds. The highest BCUT2D eigenvalue weighted by Crippen LogP contribution is 2.32. The normalized spacial score (nSPS) is 23.7. The van der Waals surface area contributed by atoms with Gasteiger partial charge in [0.1, 0.15) is 31.3 Å². The Hall–Kier alpha value is -2.46. The molecule has 1 atom stereocenters. The Morgan fingerprint density at radius 1 is 1.08 bits per heavy atom. The number of allylic oxidation sites excluding steroid dienone is 5. The first kappa shape index (κ1) is 19.9. The van der Waals surface area contributed by atoms with Gasteiger partial charge in [0.2, 0.25) is 0 Å². The molecule has 2 rings (SSSR count). The van der Waals surface area contributed by atoms with E-state index in [-0.39, 0.29) is 5.41 Å². The summed E-state index contributed by atoms with van der Waals surface area (Å²) in [5, 5.41) is 0. The Labute approximate surface area is 156 Å². The van der Waals surface area contributed by atoms with Gasteiger partial charge in [0.15, 0.2) is 0 Å². The van der Waals surface area contributed by atoms with Crippen molar-refractivity contribution in [1.29, 1.82) is 0 Å². The predicted molar refractivity (Wildman–Crippen MR) is 104 cm³/mol. The molecule has 0 spiro atoms. The van der Waals surface area contributed by atoms with Gasteiger partial charge >= 0.3 is 0 Å². The number of rotatable bonds is 10. The molecular weight excluding hydrogens is 328 g/mol. The minimum absolute atomic E-state index is 0.0739. The molecule has 4 heteroatoms. The lowest BCUT2D eigenvalue weighted by Crippen LogP contribution is -2.18. The van der Waals surface area contributed by atoms with Crippen molar-refractivity contribution >= 4 is 0 Å². The number of benzene rings is 1. The quantitative estimate of drug-likeness (QED) is 0.455. The Morgan fingerprint density at radius 3 is 2.58 bits per heavy atom. The SMILES string of the molecule is C=COCCOC1=C/C=C/C(C)(c2ccc(OCCOC)cc2)C/C=C\1. The first-order valence-electron chi connectivity index (χ1n) is 8.81. The van der Waals surface area contributed by atoms with Crippen molar-refractivity contribution in [2.45, 2.75) is 18.8 Å². The van der Waals surface area contributed by atoms with E-state index in [0.717, 1.165) is 17.9 Å². The molecular formula is C22H28O4. The molecule has 0 aliphatic heterocycles. The van der Waals surface area contributed by atoms with Crippen molar-refractivity contribution in [1.82, 2.24) is 0 Å². The standard InChI is InChI=1S/C22H28O4/c1-4-24-16-18-26-20-7-5-13-22(2,14-6-8-20)19-9-11-21(12-10-19)25-17-15-23-3/h4-13H,1,14-18H2,2-3H3/b8-6-,13-5+,20-7+. The monoisotopic (exact) mass is 356 g/mol. The Morgan fingerprint density at radius 2 is 1.85 bits per heavy atom. The van der Waals surface area contributed by atoms with Crippen LogP contribution in [-0.4, -0.2) is 33.5 Å². The highest BCUT2D eigenvalue weighted by Gasteiger charge is 2.22. The molecule has 1 aromatic rings. The fraction of sp³-hybridized carbons (Fsp3) is 0.364. The zero-order valence-electron chi connectivity index (χ0n) is 15.6. The maximum absolute atomic E-state index is 5.68. The fourth-order valence-electron chi connectivity index (χ4n) is 2.67. The predicted octanol–water partition coefficient (Wildman–Crippen LogP) is 4.55. The highest BCUT2D eigenvalue weighted by molar-refractivity contribution is 5.38. The van der Waals surface area contributed by atoms with Crippen molar-refractivity contribution in [3.8, 4) is 5.75 Å². The van der Waals surface area contributed by atoms with E-state index < -0.39 is 0 Å².